The quantitative estimate of drug-likeness (QED) is 0.872. The van der Waals surface area contributed by atoms with Gasteiger partial charge in [-0.1, -0.05) is 0 Å². The summed E-state index contributed by atoms with van der Waals surface area (Å²) in [6.45, 7) is 1.49. The molecule has 0 atom stereocenters. The number of halogens is 1. The first-order valence-electron chi connectivity index (χ1n) is 4.93. The topological polar surface area (TPSA) is 53.7 Å². The Bertz CT molecular complexity index is 323. The smallest absolute Gasteiger partial charge is 0.207 e. The van der Waals surface area contributed by atoms with Gasteiger partial charge in [0.15, 0.2) is 0 Å². The van der Waals surface area contributed by atoms with Crippen molar-refractivity contribution in [2.24, 2.45) is 5.73 Å². The molecule has 0 radical (unpaired) electrons. The van der Waals surface area contributed by atoms with Crippen LogP contribution in [0.2, 0.25) is 0 Å². The van der Waals surface area contributed by atoms with Crippen LogP contribution in [-0.2, 0) is 15.3 Å². The fourth-order valence-electron chi connectivity index (χ4n) is 1.70. The van der Waals surface area contributed by atoms with Crippen LogP contribution in [0.3, 0.4) is 0 Å². The van der Waals surface area contributed by atoms with Crippen LogP contribution in [0.25, 0.3) is 0 Å². The third-order valence-corrected chi connectivity index (χ3v) is 2.55. The molecule has 0 saturated carbocycles. The zero-order chi connectivity index (χ0) is 10.7. The van der Waals surface area contributed by atoms with Crippen LogP contribution in [0.1, 0.15) is 5.56 Å². The normalized spacial score (nSPS) is 17.9. The standard InChI is InChI=1S/C11H15NO3.ClH/c1-13-10-4-2-9(3-5-10)11(8-12)14-6-7-15-11;/h2-5H,6-8,12H2,1H3;1H. The van der Waals surface area contributed by atoms with Crippen LogP contribution >= 0.6 is 12.4 Å². The van der Waals surface area contributed by atoms with E-state index in [0.29, 0.717) is 19.8 Å². The van der Waals surface area contributed by atoms with Gasteiger partial charge in [-0.25, -0.2) is 0 Å². The van der Waals surface area contributed by atoms with E-state index in [9.17, 15) is 0 Å². The Kier molecular flexibility index (Phi) is 4.56. The summed E-state index contributed by atoms with van der Waals surface area (Å²) in [5.41, 5.74) is 6.62. The molecule has 0 unspecified atom stereocenters. The average molecular weight is 246 g/mol. The molecule has 1 aromatic rings. The van der Waals surface area contributed by atoms with Gasteiger partial charge in [0.05, 0.1) is 26.9 Å². The molecule has 1 aliphatic rings. The molecule has 1 aliphatic heterocycles. The van der Waals surface area contributed by atoms with Gasteiger partial charge in [0.25, 0.3) is 0 Å². The fraction of sp³-hybridized carbons (Fsp3) is 0.455. The minimum absolute atomic E-state index is 0. The Balaban J connectivity index is 0.00000128. The van der Waals surface area contributed by atoms with Crippen molar-refractivity contribution in [2.45, 2.75) is 5.79 Å². The van der Waals surface area contributed by atoms with Crippen LogP contribution in [-0.4, -0.2) is 26.9 Å². The predicted molar refractivity (Wildman–Crippen MR) is 62.9 cm³/mol. The molecule has 0 aliphatic carbocycles. The summed E-state index contributed by atoms with van der Waals surface area (Å²) >= 11 is 0. The summed E-state index contributed by atoms with van der Waals surface area (Å²) in [5, 5.41) is 0. The van der Waals surface area contributed by atoms with E-state index >= 15 is 0 Å². The lowest BCUT2D eigenvalue weighted by atomic mass is 10.1. The van der Waals surface area contributed by atoms with Crippen molar-refractivity contribution in [3.05, 3.63) is 29.8 Å². The van der Waals surface area contributed by atoms with Crippen molar-refractivity contribution in [1.29, 1.82) is 0 Å². The molecular formula is C11H16ClNO3. The monoisotopic (exact) mass is 245 g/mol. The second-order valence-corrected chi connectivity index (χ2v) is 3.38. The van der Waals surface area contributed by atoms with E-state index in [4.69, 9.17) is 19.9 Å². The molecule has 1 heterocycles. The molecular weight excluding hydrogens is 230 g/mol. The highest BCUT2D eigenvalue weighted by Crippen LogP contribution is 2.31. The summed E-state index contributed by atoms with van der Waals surface area (Å²) in [6, 6.07) is 7.57. The first-order chi connectivity index (χ1) is 7.30. The molecule has 0 aromatic heterocycles. The highest BCUT2D eigenvalue weighted by atomic mass is 35.5. The van der Waals surface area contributed by atoms with Crippen molar-refractivity contribution in [3.8, 4) is 5.75 Å². The van der Waals surface area contributed by atoms with Gasteiger partial charge in [-0.15, -0.1) is 12.4 Å². The van der Waals surface area contributed by atoms with Crippen LogP contribution < -0.4 is 10.5 Å². The van der Waals surface area contributed by atoms with Crippen molar-refractivity contribution in [3.63, 3.8) is 0 Å². The van der Waals surface area contributed by atoms with E-state index in [2.05, 4.69) is 0 Å². The van der Waals surface area contributed by atoms with Gasteiger partial charge in [0.2, 0.25) is 5.79 Å². The van der Waals surface area contributed by atoms with Crippen molar-refractivity contribution in [1.82, 2.24) is 0 Å². The number of rotatable bonds is 3. The summed E-state index contributed by atoms with van der Waals surface area (Å²) in [7, 11) is 1.64. The Morgan fingerprint density at radius 1 is 1.25 bits per heavy atom. The summed E-state index contributed by atoms with van der Waals surface area (Å²) < 4.78 is 16.2. The maximum absolute atomic E-state index is 5.69. The molecule has 2 N–H and O–H groups in total. The Labute approximate surface area is 101 Å². The van der Waals surface area contributed by atoms with E-state index in [1.807, 2.05) is 24.3 Å². The van der Waals surface area contributed by atoms with Crippen LogP contribution in [0, 0.1) is 0 Å². The molecule has 1 aromatic carbocycles. The van der Waals surface area contributed by atoms with E-state index in [1.165, 1.54) is 0 Å². The minimum atomic E-state index is -0.758. The van der Waals surface area contributed by atoms with Crippen LogP contribution in [0.4, 0.5) is 0 Å². The van der Waals surface area contributed by atoms with Crippen molar-refractivity contribution < 1.29 is 14.2 Å². The number of methoxy groups -OCH3 is 1. The molecule has 90 valence electrons. The molecule has 0 spiro atoms. The van der Waals surface area contributed by atoms with Crippen molar-refractivity contribution >= 4 is 12.4 Å². The van der Waals surface area contributed by atoms with E-state index in [1.54, 1.807) is 7.11 Å². The molecule has 5 heteroatoms. The second kappa shape index (κ2) is 5.50. The Morgan fingerprint density at radius 2 is 1.81 bits per heavy atom. The highest BCUT2D eigenvalue weighted by Gasteiger charge is 2.37. The van der Waals surface area contributed by atoms with Crippen molar-refractivity contribution in [2.75, 3.05) is 26.9 Å². The number of ether oxygens (including phenoxy) is 3. The van der Waals surface area contributed by atoms with Crippen LogP contribution in [0.15, 0.2) is 24.3 Å². The number of nitrogens with two attached hydrogens (primary N) is 1. The van der Waals surface area contributed by atoms with E-state index in [0.717, 1.165) is 11.3 Å². The zero-order valence-electron chi connectivity index (χ0n) is 9.14. The Hall–Kier alpha value is -0.810. The van der Waals surface area contributed by atoms with E-state index in [-0.39, 0.29) is 12.4 Å². The second-order valence-electron chi connectivity index (χ2n) is 3.38. The molecule has 16 heavy (non-hydrogen) atoms. The number of benzene rings is 1. The lowest BCUT2D eigenvalue weighted by Crippen LogP contribution is -2.36. The van der Waals surface area contributed by atoms with Gasteiger partial charge >= 0.3 is 0 Å². The molecule has 0 amide bonds. The summed E-state index contributed by atoms with van der Waals surface area (Å²) in [6.07, 6.45) is 0. The van der Waals surface area contributed by atoms with Crippen LogP contribution in [0.5, 0.6) is 5.75 Å². The lowest BCUT2D eigenvalue weighted by Gasteiger charge is -2.26. The van der Waals surface area contributed by atoms with Gasteiger partial charge < -0.3 is 19.9 Å². The number of hydrogen-bond acceptors (Lipinski definition) is 4. The largest absolute Gasteiger partial charge is 0.497 e. The first kappa shape index (κ1) is 13.3. The molecule has 1 fully saturated rings. The molecule has 1 saturated heterocycles. The van der Waals surface area contributed by atoms with Gasteiger partial charge in [0, 0.05) is 5.56 Å². The predicted octanol–water partition coefficient (Wildman–Crippen LogP) is 1.28. The average Bonchev–Trinajstić information content (AvgIpc) is 2.79. The first-order valence-corrected chi connectivity index (χ1v) is 4.93. The minimum Gasteiger partial charge on any atom is -0.497 e. The maximum atomic E-state index is 5.69. The molecule has 2 rings (SSSR count). The molecule has 0 bridgehead atoms. The van der Waals surface area contributed by atoms with Gasteiger partial charge in [-0.05, 0) is 24.3 Å². The summed E-state index contributed by atoms with van der Waals surface area (Å²) in [4.78, 5) is 0. The third kappa shape index (κ3) is 2.30. The van der Waals surface area contributed by atoms with Gasteiger partial charge in [0.1, 0.15) is 5.75 Å². The van der Waals surface area contributed by atoms with Gasteiger partial charge in [-0.2, -0.15) is 0 Å². The lowest BCUT2D eigenvalue weighted by molar-refractivity contribution is -0.156. The zero-order valence-corrected chi connectivity index (χ0v) is 9.96. The highest BCUT2D eigenvalue weighted by molar-refractivity contribution is 5.85. The maximum Gasteiger partial charge on any atom is 0.207 e. The third-order valence-electron chi connectivity index (χ3n) is 2.55. The van der Waals surface area contributed by atoms with Gasteiger partial charge in [-0.3, -0.25) is 0 Å². The summed E-state index contributed by atoms with van der Waals surface area (Å²) in [5.74, 6) is 0.0515. The Morgan fingerprint density at radius 3 is 2.25 bits per heavy atom. The molecule has 4 nitrogen and oxygen atoms in total. The number of hydrogen-bond donors (Lipinski definition) is 1. The SMILES string of the molecule is COc1ccc(C2(CN)OCCO2)cc1.Cl. The van der Waals surface area contributed by atoms with E-state index < -0.39 is 5.79 Å². The fourth-order valence-corrected chi connectivity index (χ4v) is 1.70.